The van der Waals surface area contributed by atoms with Gasteiger partial charge in [-0.15, -0.1) is 0 Å². The summed E-state index contributed by atoms with van der Waals surface area (Å²) in [6, 6.07) is 6.41. The first-order valence-electron chi connectivity index (χ1n) is 6.47. The molecule has 1 aromatic rings. The normalized spacial score (nSPS) is 19.6. The van der Waals surface area contributed by atoms with Gasteiger partial charge < -0.3 is 15.2 Å². The third-order valence-electron chi connectivity index (χ3n) is 3.37. The molecule has 1 aliphatic heterocycles. The van der Waals surface area contributed by atoms with Crippen LogP contribution in [0.4, 0.5) is 0 Å². The van der Waals surface area contributed by atoms with Crippen LogP contribution in [-0.2, 0) is 16.1 Å². The molecule has 2 rings (SSSR count). The zero-order valence-corrected chi connectivity index (χ0v) is 11.3. The minimum absolute atomic E-state index is 0.0631. The Bertz CT molecular complexity index is 486. The van der Waals surface area contributed by atoms with E-state index >= 15 is 0 Å². The van der Waals surface area contributed by atoms with E-state index in [0.29, 0.717) is 26.3 Å². The van der Waals surface area contributed by atoms with Crippen molar-refractivity contribution < 1.29 is 19.4 Å². The van der Waals surface area contributed by atoms with E-state index in [2.05, 4.69) is 5.32 Å². The lowest BCUT2D eigenvalue weighted by molar-refractivity contribution is -0.132. The third kappa shape index (κ3) is 3.34. The van der Waals surface area contributed by atoms with Gasteiger partial charge in [0, 0.05) is 20.1 Å². The van der Waals surface area contributed by atoms with E-state index in [-0.39, 0.29) is 17.5 Å². The fourth-order valence-electron chi connectivity index (χ4n) is 2.22. The molecular formula is C14H18N2O4. The van der Waals surface area contributed by atoms with E-state index in [1.807, 2.05) is 4.90 Å². The van der Waals surface area contributed by atoms with Crippen LogP contribution in [-0.4, -0.2) is 54.7 Å². The molecule has 2 N–H and O–H groups in total. The maximum atomic E-state index is 11.8. The van der Waals surface area contributed by atoms with E-state index in [1.54, 1.807) is 31.3 Å². The van der Waals surface area contributed by atoms with Crippen molar-refractivity contribution in [3.05, 3.63) is 35.4 Å². The van der Waals surface area contributed by atoms with Gasteiger partial charge in [0.25, 0.3) is 0 Å². The fraction of sp³-hybridized carbons (Fsp3) is 0.429. The summed E-state index contributed by atoms with van der Waals surface area (Å²) < 4.78 is 5.34. The lowest BCUT2D eigenvalue weighted by atomic mass is 10.1. The number of benzene rings is 1. The first-order valence-corrected chi connectivity index (χ1v) is 6.47. The average Bonchev–Trinajstić information content (AvgIpc) is 2.47. The molecule has 1 aliphatic rings. The van der Waals surface area contributed by atoms with Crippen LogP contribution in [0.1, 0.15) is 15.9 Å². The number of ether oxygens (including phenoxy) is 1. The highest BCUT2D eigenvalue weighted by atomic mass is 16.5. The second kappa shape index (κ2) is 6.49. The van der Waals surface area contributed by atoms with Gasteiger partial charge in [0.1, 0.15) is 6.04 Å². The molecule has 1 atom stereocenters. The smallest absolute Gasteiger partial charge is 0.335 e. The number of rotatable bonds is 4. The van der Waals surface area contributed by atoms with Gasteiger partial charge in [-0.25, -0.2) is 4.79 Å². The highest BCUT2D eigenvalue weighted by Gasteiger charge is 2.28. The van der Waals surface area contributed by atoms with Crippen LogP contribution < -0.4 is 5.32 Å². The first-order chi connectivity index (χ1) is 9.61. The molecule has 1 fully saturated rings. The summed E-state index contributed by atoms with van der Waals surface area (Å²) in [5.74, 6) is -1.00. The molecule has 1 aromatic carbocycles. The van der Waals surface area contributed by atoms with Gasteiger partial charge in [0.2, 0.25) is 5.91 Å². The van der Waals surface area contributed by atoms with Gasteiger partial charge >= 0.3 is 5.97 Å². The molecule has 20 heavy (non-hydrogen) atoms. The summed E-state index contributed by atoms with van der Waals surface area (Å²) in [4.78, 5) is 24.6. The number of carbonyl (C=O) groups is 2. The molecule has 1 unspecified atom stereocenters. The molecule has 0 aromatic heterocycles. The molecule has 6 heteroatoms. The van der Waals surface area contributed by atoms with Crippen molar-refractivity contribution in [1.29, 1.82) is 0 Å². The van der Waals surface area contributed by atoms with Crippen LogP contribution in [0.5, 0.6) is 0 Å². The Balaban J connectivity index is 2.06. The second-order valence-electron chi connectivity index (χ2n) is 4.68. The van der Waals surface area contributed by atoms with Crippen molar-refractivity contribution >= 4 is 11.9 Å². The molecule has 1 amide bonds. The Morgan fingerprint density at radius 1 is 1.40 bits per heavy atom. The number of amides is 1. The van der Waals surface area contributed by atoms with E-state index in [1.165, 1.54) is 0 Å². The first kappa shape index (κ1) is 14.5. The van der Waals surface area contributed by atoms with E-state index in [9.17, 15) is 9.59 Å². The Kier molecular flexibility index (Phi) is 4.70. The molecule has 0 saturated carbocycles. The topological polar surface area (TPSA) is 78.9 Å². The highest BCUT2D eigenvalue weighted by Crippen LogP contribution is 2.13. The number of morpholine rings is 1. The second-order valence-corrected chi connectivity index (χ2v) is 4.68. The van der Waals surface area contributed by atoms with Crippen LogP contribution in [0.3, 0.4) is 0 Å². The van der Waals surface area contributed by atoms with Gasteiger partial charge in [0.15, 0.2) is 0 Å². The van der Waals surface area contributed by atoms with E-state index < -0.39 is 5.97 Å². The van der Waals surface area contributed by atoms with Crippen molar-refractivity contribution in [2.75, 3.05) is 26.8 Å². The summed E-state index contributed by atoms with van der Waals surface area (Å²) in [6.07, 6.45) is 0. The third-order valence-corrected chi connectivity index (χ3v) is 3.37. The van der Waals surface area contributed by atoms with E-state index in [0.717, 1.165) is 5.56 Å². The number of carboxylic acids is 1. The van der Waals surface area contributed by atoms with Crippen LogP contribution >= 0.6 is 0 Å². The Morgan fingerprint density at radius 2 is 2.10 bits per heavy atom. The van der Waals surface area contributed by atoms with Crippen LogP contribution in [0, 0.1) is 0 Å². The quantitative estimate of drug-likeness (QED) is 0.830. The number of carboxylic acid groups (broad SMARTS) is 1. The van der Waals surface area contributed by atoms with Crippen molar-refractivity contribution in [2.24, 2.45) is 0 Å². The predicted octanol–water partition coefficient (Wildman–Crippen LogP) is 0.332. The van der Waals surface area contributed by atoms with Crippen molar-refractivity contribution in [2.45, 2.75) is 12.6 Å². The van der Waals surface area contributed by atoms with Gasteiger partial charge in [-0.3, -0.25) is 9.69 Å². The van der Waals surface area contributed by atoms with Crippen LogP contribution in [0.25, 0.3) is 0 Å². The van der Waals surface area contributed by atoms with Crippen molar-refractivity contribution in [1.82, 2.24) is 10.2 Å². The molecule has 1 heterocycles. The summed E-state index contributed by atoms with van der Waals surface area (Å²) in [6.45, 7) is 2.26. The van der Waals surface area contributed by atoms with Crippen molar-refractivity contribution in [3.8, 4) is 0 Å². The molecule has 0 aliphatic carbocycles. The Labute approximate surface area is 117 Å². The minimum Gasteiger partial charge on any atom is -0.478 e. The maximum Gasteiger partial charge on any atom is 0.335 e. The zero-order valence-electron chi connectivity index (χ0n) is 11.3. The number of aromatic carboxylic acids is 1. The van der Waals surface area contributed by atoms with Gasteiger partial charge in [-0.1, -0.05) is 12.1 Å². The molecule has 0 spiro atoms. The van der Waals surface area contributed by atoms with Crippen LogP contribution in [0.2, 0.25) is 0 Å². The number of hydrogen-bond acceptors (Lipinski definition) is 4. The molecule has 0 bridgehead atoms. The van der Waals surface area contributed by atoms with Gasteiger partial charge in [-0.05, 0) is 17.7 Å². The molecule has 0 radical (unpaired) electrons. The summed E-state index contributed by atoms with van der Waals surface area (Å²) in [5, 5.41) is 11.5. The Morgan fingerprint density at radius 3 is 2.70 bits per heavy atom. The molecule has 108 valence electrons. The molecule has 6 nitrogen and oxygen atoms in total. The van der Waals surface area contributed by atoms with Gasteiger partial charge in [-0.2, -0.15) is 0 Å². The number of likely N-dealkylation sites (N-methyl/N-ethyl adjacent to an activating group) is 1. The number of nitrogens with zero attached hydrogens (tertiary/aromatic N) is 1. The molecular weight excluding hydrogens is 260 g/mol. The molecule has 1 saturated heterocycles. The lowest BCUT2D eigenvalue weighted by Gasteiger charge is -2.34. The van der Waals surface area contributed by atoms with Crippen molar-refractivity contribution in [3.63, 3.8) is 0 Å². The number of carbonyl (C=O) groups excluding carboxylic acids is 1. The largest absolute Gasteiger partial charge is 0.478 e. The number of nitrogens with one attached hydrogen (secondary N) is 1. The predicted molar refractivity (Wildman–Crippen MR) is 72.5 cm³/mol. The summed E-state index contributed by atoms with van der Waals surface area (Å²) in [7, 11) is 1.61. The number of hydrogen-bond donors (Lipinski definition) is 2. The van der Waals surface area contributed by atoms with Gasteiger partial charge in [0.05, 0.1) is 18.8 Å². The minimum atomic E-state index is -0.939. The standard InChI is InChI=1S/C14H18N2O4/c1-15-13(17)12-9-20-7-6-16(12)8-10-2-4-11(5-3-10)14(18)19/h2-5,12H,6-9H2,1H3,(H,15,17)(H,18,19). The lowest BCUT2D eigenvalue weighted by Crippen LogP contribution is -2.52. The van der Waals surface area contributed by atoms with E-state index in [4.69, 9.17) is 9.84 Å². The Hall–Kier alpha value is -1.92. The zero-order chi connectivity index (χ0) is 14.5. The fourth-order valence-corrected chi connectivity index (χ4v) is 2.22. The summed E-state index contributed by atoms with van der Waals surface area (Å²) in [5.41, 5.74) is 1.24. The maximum absolute atomic E-state index is 11.8. The summed E-state index contributed by atoms with van der Waals surface area (Å²) >= 11 is 0. The van der Waals surface area contributed by atoms with Crippen LogP contribution in [0.15, 0.2) is 24.3 Å². The average molecular weight is 278 g/mol. The monoisotopic (exact) mass is 278 g/mol. The highest BCUT2D eigenvalue weighted by molar-refractivity contribution is 5.87. The SMILES string of the molecule is CNC(=O)C1COCCN1Cc1ccc(C(=O)O)cc1.